The number of nitrogens with zero attached hydrogens (tertiary/aromatic N) is 1. The van der Waals surface area contributed by atoms with Gasteiger partial charge in [-0.25, -0.2) is 4.79 Å². The average molecular weight is 343 g/mol. The fourth-order valence-electron chi connectivity index (χ4n) is 2.27. The lowest BCUT2D eigenvalue weighted by Gasteiger charge is -2.04. The Kier molecular flexibility index (Phi) is 4.02. The molecule has 122 valence electrons. The molecule has 1 aliphatic rings. The fraction of sp³-hybridized carbons (Fsp3) is 0.118. The number of amides is 2. The highest BCUT2D eigenvalue weighted by Crippen LogP contribution is 2.33. The molecule has 0 radical (unpaired) electrons. The maximum absolute atomic E-state index is 11.9. The molecule has 0 bridgehead atoms. The zero-order chi connectivity index (χ0) is 17.4. The van der Waals surface area contributed by atoms with Crippen LogP contribution in [0.3, 0.4) is 0 Å². The van der Waals surface area contributed by atoms with Crippen molar-refractivity contribution in [3.05, 3.63) is 52.1 Å². The summed E-state index contributed by atoms with van der Waals surface area (Å²) in [6.07, 6.45) is 1.51. The van der Waals surface area contributed by atoms with Gasteiger partial charge in [-0.3, -0.25) is 14.5 Å². The van der Waals surface area contributed by atoms with Gasteiger partial charge in [-0.15, -0.1) is 0 Å². The Labute approximate surface area is 141 Å². The van der Waals surface area contributed by atoms with Crippen LogP contribution in [0.4, 0.5) is 4.79 Å². The third kappa shape index (κ3) is 2.85. The number of carboxylic acids is 1. The van der Waals surface area contributed by atoms with E-state index in [1.165, 1.54) is 19.2 Å². The Bertz CT molecular complexity index is 896. The second-order valence-corrected chi connectivity index (χ2v) is 6.27. The summed E-state index contributed by atoms with van der Waals surface area (Å²) in [4.78, 5) is 35.8. The van der Waals surface area contributed by atoms with Crippen molar-refractivity contribution < 1.29 is 23.9 Å². The smallest absolute Gasteiger partial charge is 0.335 e. The van der Waals surface area contributed by atoms with Crippen molar-refractivity contribution in [3.8, 4) is 11.3 Å². The molecule has 1 aliphatic heterocycles. The van der Waals surface area contributed by atoms with Gasteiger partial charge in [0, 0.05) is 18.7 Å². The molecular weight excluding hydrogens is 330 g/mol. The minimum atomic E-state index is -1.01. The van der Waals surface area contributed by atoms with Gasteiger partial charge in [0.25, 0.3) is 11.1 Å². The summed E-state index contributed by atoms with van der Waals surface area (Å²) in [5, 5.41) is 8.77. The van der Waals surface area contributed by atoms with Crippen molar-refractivity contribution in [3.63, 3.8) is 0 Å². The van der Waals surface area contributed by atoms with Gasteiger partial charge in [-0.05, 0) is 48.5 Å². The molecule has 1 fully saturated rings. The quantitative estimate of drug-likeness (QED) is 0.857. The second-order valence-electron chi connectivity index (χ2n) is 5.28. The summed E-state index contributed by atoms with van der Waals surface area (Å²) in [7, 11) is 1.42. The van der Waals surface area contributed by atoms with Crippen LogP contribution < -0.4 is 0 Å². The van der Waals surface area contributed by atoms with E-state index in [0.29, 0.717) is 22.0 Å². The molecule has 1 aromatic carbocycles. The van der Waals surface area contributed by atoms with Crippen molar-refractivity contribution in [2.24, 2.45) is 0 Å². The summed E-state index contributed by atoms with van der Waals surface area (Å²) in [6.45, 7) is 1.85. The zero-order valence-corrected chi connectivity index (χ0v) is 13.7. The first-order chi connectivity index (χ1) is 11.4. The standard InChI is InChI=1S/C17H13NO5S/c1-9-3-4-10(16(20)21)7-12(9)13-6-5-11(23-13)8-14-15(19)18(2)17(22)24-14/h3-8H,1-2H3,(H,20,21). The van der Waals surface area contributed by atoms with Crippen LogP contribution >= 0.6 is 11.8 Å². The summed E-state index contributed by atoms with van der Waals surface area (Å²) < 4.78 is 5.70. The normalized spacial score (nSPS) is 16.2. The number of carbonyl (C=O) groups is 3. The highest BCUT2D eigenvalue weighted by atomic mass is 32.2. The third-order valence-electron chi connectivity index (χ3n) is 3.64. The molecule has 24 heavy (non-hydrogen) atoms. The number of aryl methyl sites for hydroxylation is 1. The second kappa shape index (κ2) is 6.01. The molecule has 0 saturated carbocycles. The number of hydrogen-bond donors (Lipinski definition) is 1. The highest BCUT2D eigenvalue weighted by Gasteiger charge is 2.32. The van der Waals surface area contributed by atoms with Gasteiger partial charge in [-0.2, -0.15) is 0 Å². The number of aromatic carboxylic acids is 1. The molecular formula is C17H13NO5S. The fourth-order valence-corrected chi connectivity index (χ4v) is 3.08. The number of carboxylic acid groups (broad SMARTS) is 1. The molecule has 2 aromatic rings. The number of imide groups is 1. The van der Waals surface area contributed by atoms with Gasteiger partial charge in [-0.1, -0.05) is 6.07 Å². The Balaban J connectivity index is 1.95. The van der Waals surface area contributed by atoms with E-state index in [4.69, 9.17) is 9.52 Å². The Morgan fingerprint density at radius 1 is 1.25 bits per heavy atom. The lowest BCUT2D eigenvalue weighted by molar-refractivity contribution is -0.121. The number of benzene rings is 1. The van der Waals surface area contributed by atoms with Gasteiger partial charge in [0.2, 0.25) is 0 Å². The van der Waals surface area contributed by atoms with Gasteiger partial charge < -0.3 is 9.52 Å². The van der Waals surface area contributed by atoms with Crippen molar-refractivity contribution in [1.29, 1.82) is 0 Å². The van der Waals surface area contributed by atoms with E-state index in [2.05, 4.69) is 0 Å². The molecule has 0 spiro atoms. The van der Waals surface area contributed by atoms with Crippen LogP contribution in [-0.2, 0) is 4.79 Å². The lowest BCUT2D eigenvalue weighted by atomic mass is 10.0. The predicted molar refractivity (Wildman–Crippen MR) is 89.6 cm³/mol. The molecule has 1 N–H and O–H groups in total. The first-order valence-electron chi connectivity index (χ1n) is 7.02. The molecule has 1 aromatic heterocycles. The molecule has 1 saturated heterocycles. The third-order valence-corrected chi connectivity index (χ3v) is 4.60. The molecule has 0 aliphatic carbocycles. The SMILES string of the molecule is Cc1ccc(C(=O)O)cc1-c1ccc(C=C2SC(=O)N(C)C2=O)o1. The molecule has 7 heteroatoms. The number of rotatable bonds is 3. The van der Waals surface area contributed by atoms with E-state index in [0.717, 1.165) is 22.2 Å². The summed E-state index contributed by atoms with van der Waals surface area (Å²) >= 11 is 0.852. The maximum atomic E-state index is 11.9. The summed E-state index contributed by atoms with van der Waals surface area (Å²) in [5.41, 5.74) is 1.70. The molecule has 3 rings (SSSR count). The van der Waals surface area contributed by atoms with E-state index < -0.39 is 5.97 Å². The average Bonchev–Trinajstić information content (AvgIpc) is 3.09. The van der Waals surface area contributed by atoms with E-state index in [-0.39, 0.29) is 16.7 Å². The Morgan fingerprint density at radius 3 is 2.62 bits per heavy atom. The summed E-state index contributed by atoms with van der Waals surface area (Å²) in [5.74, 6) is -0.465. The van der Waals surface area contributed by atoms with Crippen molar-refractivity contribution >= 4 is 35.0 Å². The predicted octanol–water partition coefficient (Wildman–Crippen LogP) is 3.62. The first-order valence-corrected chi connectivity index (χ1v) is 7.84. The van der Waals surface area contributed by atoms with Crippen LogP contribution in [0.15, 0.2) is 39.7 Å². The molecule has 6 nitrogen and oxygen atoms in total. The van der Waals surface area contributed by atoms with Crippen LogP contribution in [0.5, 0.6) is 0 Å². The van der Waals surface area contributed by atoms with Crippen LogP contribution in [0.1, 0.15) is 21.7 Å². The molecule has 2 heterocycles. The van der Waals surface area contributed by atoms with Crippen LogP contribution in [-0.4, -0.2) is 34.2 Å². The largest absolute Gasteiger partial charge is 0.478 e. The number of carbonyl (C=O) groups excluding carboxylic acids is 2. The monoisotopic (exact) mass is 343 g/mol. The van der Waals surface area contributed by atoms with Crippen molar-refractivity contribution in [2.45, 2.75) is 6.92 Å². The minimum Gasteiger partial charge on any atom is -0.478 e. The van der Waals surface area contributed by atoms with E-state index in [1.54, 1.807) is 24.3 Å². The molecule has 0 atom stereocenters. The van der Waals surface area contributed by atoms with Crippen LogP contribution in [0.2, 0.25) is 0 Å². The number of likely N-dealkylation sites (N-methyl/N-ethyl adjacent to an activating group) is 1. The van der Waals surface area contributed by atoms with Gasteiger partial charge in [0.15, 0.2) is 0 Å². The Morgan fingerprint density at radius 2 is 2.00 bits per heavy atom. The molecule has 0 unspecified atom stereocenters. The maximum Gasteiger partial charge on any atom is 0.335 e. The van der Waals surface area contributed by atoms with E-state index >= 15 is 0 Å². The number of thioether (sulfide) groups is 1. The number of hydrogen-bond acceptors (Lipinski definition) is 5. The van der Waals surface area contributed by atoms with Gasteiger partial charge >= 0.3 is 5.97 Å². The Hall–Kier alpha value is -2.80. The summed E-state index contributed by atoms with van der Waals surface area (Å²) in [6, 6.07) is 8.16. The van der Waals surface area contributed by atoms with Crippen molar-refractivity contribution in [2.75, 3.05) is 7.05 Å². The van der Waals surface area contributed by atoms with Crippen LogP contribution in [0, 0.1) is 6.92 Å². The number of furan rings is 1. The van der Waals surface area contributed by atoms with Crippen molar-refractivity contribution in [1.82, 2.24) is 4.90 Å². The van der Waals surface area contributed by atoms with Gasteiger partial charge in [0.1, 0.15) is 11.5 Å². The van der Waals surface area contributed by atoms with E-state index in [9.17, 15) is 14.4 Å². The lowest BCUT2D eigenvalue weighted by Crippen LogP contribution is -2.22. The highest BCUT2D eigenvalue weighted by molar-refractivity contribution is 8.18. The zero-order valence-electron chi connectivity index (χ0n) is 12.9. The minimum absolute atomic E-state index is 0.167. The molecule has 2 amide bonds. The first kappa shape index (κ1) is 16.1. The van der Waals surface area contributed by atoms with E-state index in [1.807, 2.05) is 6.92 Å². The topological polar surface area (TPSA) is 87.8 Å². The van der Waals surface area contributed by atoms with Gasteiger partial charge in [0.05, 0.1) is 10.5 Å². The van der Waals surface area contributed by atoms with Crippen LogP contribution in [0.25, 0.3) is 17.4 Å².